The molecule has 1 atom stereocenters. The van der Waals surface area contributed by atoms with E-state index in [1.165, 1.54) is 5.56 Å². The summed E-state index contributed by atoms with van der Waals surface area (Å²) in [6.45, 7) is 5.08. The lowest BCUT2D eigenvalue weighted by Gasteiger charge is -2.14. The maximum absolute atomic E-state index is 12.4. The van der Waals surface area contributed by atoms with E-state index >= 15 is 0 Å². The Labute approximate surface area is 147 Å². The molecule has 1 N–H and O–H groups in total. The molecule has 0 fully saturated rings. The molecule has 1 unspecified atom stereocenters. The highest BCUT2D eigenvalue weighted by Crippen LogP contribution is 2.17. The fourth-order valence-corrected chi connectivity index (χ4v) is 2.74. The number of imidazole rings is 1. The number of benzene rings is 2. The molecule has 0 spiro atoms. The van der Waals surface area contributed by atoms with Crippen molar-refractivity contribution in [2.75, 3.05) is 13.2 Å². The van der Waals surface area contributed by atoms with E-state index in [4.69, 9.17) is 4.74 Å². The zero-order valence-electron chi connectivity index (χ0n) is 14.6. The number of carbonyl (C=O) groups excluding carboxylic acids is 1. The fraction of sp³-hybridized carbons (Fsp3) is 0.300. The molecule has 0 saturated heterocycles. The number of ether oxygens (including phenoxy) is 1. The normalized spacial score (nSPS) is 12.1. The molecule has 0 bridgehead atoms. The molecular formula is C20H23N3O2. The maximum Gasteiger partial charge on any atom is 0.242 e. The number of hydrogen-bond donors (Lipinski definition) is 1. The van der Waals surface area contributed by atoms with Crippen LogP contribution in [0.1, 0.15) is 24.9 Å². The molecule has 0 aliphatic heterocycles. The van der Waals surface area contributed by atoms with E-state index in [1.807, 2.05) is 66.9 Å². The number of carbonyl (C=O) groups is 1. The number of rotatable bonds is 7. The number of para-hydroxylation sites is 2. The van der Waals surface area contributed by atoms with Crippen LogP contribution in [0.5, 0.6) is 5.75 Å². The van der Waals surface area contributed by atoms with E-state index in [-0.39, 0.29) is 11.9 Å². The van der Waals surface area contributed by atoms with Crippen LogP contribution in [0.25, 0.3) is 11.0 Å². The van der Waals surface area contributed by atoms with Gasteiger partial charge in [0, 0.05) is 6.54 Å². The van der Waals surface area contributed by atoms with Gasteiger partial charge in [0.1, 0.15) is 11.8 Å². The van der Waals surface area contributed by atoms with Gasteiger partial charge in [0.2, 0.25) is 5.91 Å². The Balaban J connectivity index is 1.46. The molecule has 25 heavy (non-hydrogen) atoms. The monoisotopic (exact) mass is 337 g/mol. The number of aromatic nitrogens is 2. The van der Waals surface area contributed by atoms with Crippen molar-refractivity contribution in [3.63, 3.8) is 0 Å². The SMILES string of the molecule is Cc1cccc(OCCCNC(=O)C(C)n2cnc3ccccc32)c1. The van der Waals surface area contributed by atoms with Crippen LogP contribution >= 0.6 is 0 Å². The quantitative estimate of drug-likeness (QED) is 0.672. The topological polar surface area (TPSA) is 56.1 Å². The van der Waals surface area contributed by atoms with Crippen LogP contribution in [-0.4, -0.2) is 28.6 Å². The second-order valence-electron chi connectivity index (χ2n) is 6.13. The first-order chi connectivity index (χ1) is 12.1. The number of aryl methyl sites for hydroxylation is 1. The summed E-state index contributed by atoms with van der Waals surface area (Å²) in [5, 5.41) is 2.97. The van der Waals surface area contributed by atoms with Crippen LogP contribution in [0.3, 0.4) is 0 Å². The van der Waals surface area contributed by atoms with Gasteiger partial charge in [-0.05, 0) is 50.1 Å². The lowest BCUT2D eigenvalue weighted by Crippen LogP contribution is -2.32. The van der Waals surface area contributed by atoms with E-state index < -0.39 is 0 Å². The molecule has 3 aromatic rings. The predicted molar refractivity (Wildman–Crippen MR) is 98.7 cm³/mol. The second-order valence-corrected chi connectivity index (χ2v) is 6.13. The average molecular weight is 337 g/mol. The summed E-state index contributed by atoms with van der Waals surface area (Å²) in [5.74, 6) is 0.850. The highest BCUT2D eigenvalue weighted by molar-refractivity contribution is 5.83. The van der Waals surface area contributed by atoms with Crippen molar-refractivity contribution in [3.05, 3.63) is 60.4 Å². The molecule has 130 valence electrons. The van der Waals surface area contributed by atoms with Crippen molar-refractivity contribution in [1.29, 1.82) is 0 Å². The van der Waals surface area contributed by atoms with Gasteiger partial charge in [-0.3, -0.25) is 4.79 Å². The maximum atomic E-state index is 12.4. The number of nitrogens with one attached hydrogen (secondary N) is 1. The zero-order valence-corrected chi connectivity index (χ0v) is 14.6. The van der Waals surface area contributed by atoms with Crippen LogP contribution in [0.15, 0.2) is 54.9 Å². The number of fused-ring (bicyclic) bond motifs is 1. The van der Waals surface area contributed by atoms with Gasteiger partial charge in [0.25, 0.3) is 0 Å². The molecule has 5 heteroatoms. The van der Waals surface area contributed by atoms with Crippen molar-refractivity contribution in [3.8, 4) is 5.75 Å². The molecule has 0 saturated carbocycles. The second kappa shape index (κ2) is 7.83. The molecule has 2 aromatic carbocycles. The molecule has 3 rings (SSSR count). The number of hydrogen-bond acceptors (Lipinski definition) is 3. The van der Waals surface area contributed by atoms with Crippen LogP contribution in [0.4, 0.5) is 0 Å². The number of amides is 1. The van der Waals surface area contributed by atoms with E-state index in [0.717, 1.165) is 23.2 Å². The Hall–Kier alpha value is -2.82. The summed E-state index contributed by atoms with van der Waals surface area (Å²) in [6.07, 6.45) is 2.48. The van der Waals surface area contributed by atoms with Gasteiger partial charge in [-0.15, -0.1) is 0 Å². The zero-order chi connectivity index (χ0) is 17.6. The minimum atomic E-state index is -0.301. The highest BCUT2D eigenvalue weighted by atomic mass is 16.5. The van der Waals surface area contributed by atoms with Gasteiger partial charge in [-0.2, -0.15) is 0 Å². The van der Waals surface area contributed by atoms with Crippen molar-refractivity contribution in [1.82, 2.24) is 14.9 Å². The predicted octanol–water partition coefficient (Wildman–Crippen LogP) is 3.49. The average Bonchev–Trinajstić information content (AvgIpc) is 3.05. The minimum Gasteiger partial charge on any atom is -0.494 e. The molecule has 1 heterocycles. The lowest BCUT2D eigenvalue weighted by molar-refractivity contribution is -0.123. The first-order valence-electron chi connectivity index (χ1n) is 8.54. The number of nitrogens with zero attached hydrogens (tertiary/aromatic N) is 2. The summed E-state index contributed by atoms with van der Waals surface area (Å²) in [4.78, 5) is 16.7. The Morgan fingerprint density at radius 2 is 2.08 bits per heavy atom. The molecule has 0 aliphatic carbocycles. The summed E-state index contributed by atoms with van der Waals surface area (Å²) < 4.78 is 7.59. The Bertz CT molecular complexity index is 857. The Morgan fingerprint density at radius 1 is 1.24 bits per heavy atom. The van der Waals surface area contributed by atoms with Crippen LogP contribution in [0.2, 0.25) is 0 Å². The van der Waals surface area contributed by atoms with Gasteiger partial charge in [0.15, 0.2) is 0 Å². The highest BCUT2D eigenvalue weighted by Gasteiger charge is 2.16. The smallest absolute Gasteiger partial charge is 0.242 e. The molecule has 0 aliphatic rings. The first kappa shape index (κ1) is 17.0. The van der Waals surface area contributed by atoms with Gasteiger partial charge in [0.05, 0.1) is 24.0 Å². The van der Waals surface area contributed by atoms with Crippen molar-refractivity contribution < 1.29 is 9.53 Å². The van der Waals surface area contributed by atoms with Crippen molar-refractivity contribution in [2.24, 2.45) is 0 Å². The van der Waals surface area contributed by atoms with Crippen LogP contribution < -0.4 is 10.1 Å². The molecule has 0 radical (unpaired) electrons. The Morgan fingerprint density at radius 3 is 2.92 bits per heavy atom. The third-order valence-corrected chi connectivity index (χ3v) is 4.16. The van der Waals surface area contributed by atoms with Gasteiger partial charge in [-0.1, -0.05) is 24.3 Å². The molecular weight excluding hydrogens is 314 g/mol. The lowest BCUT2D eigenvalue weighted by atomic mass is 10.2. The molecule has 5 nitrogen and oxygen atoms in total. The van der Waals surface area contributed by atoms with E-state index in [0.29, 0.717) is 13.2 Å². The fourth-order valence-electron chi connectivity index (χ4n) is 2.74. The molecule has 1 amide bonds. The Kier molecular flexibility index (Phi) is 5.33. The van der Waals surface area contributed by atoms with E-state index in [9.17, 15) is 4.79 Å². The van der Waals surface area contributed by atoms with Crippen molar-refractivity contribution >= 4 is 16.9 Å². The van der Waals surface area contributed by atoms with Gasteiger partial charge in [-0.25, -0.2) is 4.98 Å². The largest absolute Gasteiger partial charge is 0.494 e. The van der Waals surface area contributed by atoms with Crippen LogP contribution in [-0.2, 0) is 4.79 Å². The summed E-state index contributed by atoms with van der Waals surface area (Å²) >= 11 is 0. The summed E-state index contributed by atoms with van der Waals surface area (Å²) in [5.41, 5.74) is 3.04. The standard InChI is InChI=1S/C20H23N3O2/c1-15-7-5-8-17(13-15)25-12-6-11-21-20(24)16(2)23-14-22-18-9-3-4-10-19(18)23/h3-5,7-10,13-14,16H,6,11-12H2,1-2H3,(H,21,24). The van der Waals surface area contributed by atoms with E-state index in [2.05, 4.69) is 10.3 Å². The molecule has 1 aromatic heterocycles. The third kappa shape index (κ3) is 4.18. The van der Waals surface area contributed by atoms with Crippen LogP contribution in [0, 0.1) is 6.92 Å². The van der Waals surface area contributed by atoms with Crippen molar-refractivity contribution in [2.45, 2.75) is 26.3 Å². The van der Waals surface area contributed by atoms with Gasteiger partial charge >= 0.3 is 0 Å². The first-order valence-corrected chi connectivity index (χ1v) is 8.54. The minimum absolute atomic E-state index is 0.0151. The third-order valence-electron chi connectivity index (χ3n) is 4.16. The summed E-state index contributed by atoms with van der Waals surface area (Å²) in [6, 6.07) is 15.5. The van der Waals surface area contributed by atoms with Gasteiger partial charge < -0.3 is 14.6 Å². The summed E-state index contributed by atoms with van der Waals surface area (Å²) in [7, 11) is 0. The van der Waals surface area contributed by atoms with E-state index in [1.54, 1.807) is 6.33 Å².